The smallest absolute Gasteiger partial charge is 0.131 e. The molecule has 2 aromatic carbocycles. The number of halogens is 1. The lowest BCUT2D eigenvalue weighted by Gasteiger charge is -2.03. The molecule has 0 bridgehead atoms. The summed E-state index contributed by atoms with van der Waals surface area (Å²) in [6, 6.07) is 18.4. The molecular formula is C17H16IN3. The molecule has 0 saturated heterocycles. The molecule has 1 aromatic heterocycles. The lowest BCUT2D eigenvalue weighted by atomic mass is 10.1. The largest absolute Gasteiger partial charge is 0.383 e. The van der Waals surface area contributed by atoms with E-state index in [0.717, 1.165) is 34.7 Å². The van der Waals surface area contributed by atoms with Crippen LogP contribution in [0.5, 0.6) is 0 Å². The third kappa shape index (κ3) is 2.68. The fourth-order valence-electron chi connectivity index (χ4n) is 2.42. The maximum absolute atomic E-state index is 6.31. The minimum atomic E-state index is 0.720. The Morgan fingerprint density at radius 1 is 1.05 bits per heavy atom. The van der Waals surface area contributed by atoms with E-state index >= 15 is 0 Å². The van der Waals surface area contributed by atoms with Gasteiger partial charge in [-0.2, -0.15) is 5.10 Å². The molecule has 0 radical (unpaired) electrons. The normalized spacial score (nSPS) is 10.8. The molecule has 2 N–H and O–H groups in total. The average molecular weight is 389 g/mol. The Morgan fingerprint density at radius 3 is 2.33 bits per heavy atom. The van der Waals surface area contributed by atoms with Crippen molar-refractivity contribution >= 4 is 28.4 Å². The Labute approximate surface area is 137 Å². The highest BCUT2D eigenvalue weighted by Crippen LogP contribution is 2.29. The molecule has 106 valence electrons. The van der Waals surface area contributed by atoms with Crippen LogP contribution in [0.1, 0.15) is 12.5 Å². The second kappa shape index (κ2) is 5.89. The quantitative estimate of drug-likeness (QED) is 0.680. The number of nitrogens with two attached hydrogens (primary N) is 1. The van der Waals surface area contributed by atoms with E-state index in [9.17, 15) is 0 Å². The summed E-state index contributed by atoms with van der Waals surface area (Å²) in [5, 5.41) is 4.74. The van der Waals surface area contributed by atoms with Gasteiger partial charge in [0, 0.05) is 14.7 Å². The third-order valence-corrected chi connectivity index (χ3v) is 4.21. The van der Waals surface area contributed by atoms with Crippen LogP contribution in [0.25, 0.3) is 16.9 Å². The molecule has 3 rings (SSSR count). The van der Waals surface area contributed by atoms with E-state index in [1.165, 1.54) is 3.57 Å². The van der Waals surface area contributed by atoms with Crippen molar-refractivity contribution in [3.63, 3.8) is 0 Å². The first-order valence-corrected chi connectivity index (χ1v) is 7.97. The molecule has 0 unspecified atom stereocenters. The van der Waals surface area contributed by atoms with Gasteiger partial charge in [-0.05, 0) is 53.3 Å². The molecule has 3 aromatic rings. The van der Waals surface area contributed by atoms with Gasteiger partial charge in [-0.1, -0.05) is 37.3 Å². The maximum Gasteiger partial charge on any atom is 0.131 e. The average Bonchev–Trinajstić information content (AvgIpc) is 2.85. The van der Waals surface area contributed by atoms with Crippen LogP contribution in [0.4, 0.5) is 5.82 Å². The first-order chi connectivity index (χ1) is 10.2. The Hall–Kier alpha value is -1.82. The van der Waals surface area contributed by atoms with E-state index in [1.54, 1.807) is 0 Å². The van der Waals surface area contributed by atoms with Gasteiger partial charge in [-0.25, -0.2) is 4.68 Å². The summed E-state index contributed by atoms with van der Waals surface area (Å²) in [6.45, 7) is 2.11. The monoisotopic (exact) mass is 389 g/mol. The number of nitrogens with zero attached hydrogens (tertiary/aromatic N) is 2. The van der Waals surface area contributed by atoms with Crippen LogP contribution in [-0.2, 0) is 6.42 Å². The van der Waals surface area contributed by atoms with Crippen molar-refractivity contribution in [2.45, 2.75) is 13.3 Å². The molecule has 0 aliphatic rings. The number of rotatable bonds is 3. The lowest BCUT2D eigenvalue weighted by Crippen LogP contribution is -2.02. The van der Waals surface area contributed by atoms with E-state index in [-0.39, 0.29) is 0 Å². The van der Waals surface area contributed by atoms with E-state index in [1.807, 2.05) is 35.0 Å². The fourth-order valence-corrected chi connectivity index (χ4v) is 2.78. The van der Waals surface area contributed by atoms with Crippen molar-refractivity contribution in [2.24, 2.45) is 0 Å². The van der Waals surface area contributed by atoms with Gasteiger partial charge in [-0.3, -0.25) is 0 Å². The van der Waals surface area contributed by atoms with E-state index in [2.05, 4.69) is 53.8 Å². The molecule has 0 saturated carbocycles. The zero-order chi connectivity index (χ0) is 14.8. The SMILES string of the molecule is CCc1c(-c2ccc(I)cc2)nn(-c2ccccc2)c1N. The lowest BCUT2D eigenvalue weighted by molar-refractivity contribution is 0.894. The molecular weight excluding hydrogens is 373 g/mol. The molecule has 0 atom stereocenters. The van der Waals surface area contributed by atoms with Gasteiger partial charge < -0.3 is 5.73 Å². The van der Waals surface area contributed by atoms with Crippen molar-refractivity contribution in [1.82, 2.24) is 9.78 Å². The van der Waals surface area contributed by atoms with E-state index < -0.39 is 0 Å². The first-order valence-electron chi connectivity index (χ1n) is 6.89. The van der Waals surface area contributed by atoms with Crippen LogP contribution in [0.15, 0.2) is 54.6 Å². The third-order valence-electron chi connectivity index (χ3n) is 3.50. The minimum Gasteiger partial charge on any atom is -0.383 e. The highest BCUT2D eigenvalue weighted by atomic mass is 127. The van der Waals surface area contributed by atoms with Crippen molar-refractivity contribution in [3.8, 4) is 16.9 Å². The molecule has 1 heterocycles. The number of nitrogen functional groups attached to an aromatic ring is 1. The Bertz CT molecular complexity index is 746. The highest BCUT2D eigenvalue weighted by Gasteiger charge is 2.16. The fraction of sp³-hybridized carbons (Fsp3) is 0.118. The van der Waals surface area contributed by atoms with Gasteiger partial charge in [0.25, 0.3) is 0 Å². The van der Waals surface area contributed by atoms with Crippen molar-refractivity contribution in [2.75, 3.05) is 5.73 Å². The second-order valence-electron chi connectivity index (χ2n) is 4.82. The predicted octanol–water partition coefficient (Wildman–Crippen LogP) is 4.29. The van der Waals surface area contributed by atoms with Crippen LogP contribution in [0, 0.1) is 3.57 Å². The summed E-state index contributed by atoms with van der Waals surface area (Å²) >= 11 is 2.30. The maximum atomic E-state index is 6.31. The number of hydrogen-bond acceptors (Lipinski definition) is 2. The zero-order valence-electron chi connectivity index (χ0n) is 11.8. The van der Waals surface area contributed by atoms with Gasteiger partial charge in [0.1, 0.15) is 5.82 Å². The number of hydrogen-bond donors (Lipinski definition) is 1. The topological polar surface area (TPSA) is 43.8 Å². The number of para-hydroxylation sites is 1. The molecule has 0 aliphatic carbocycles. The second-order valence-corrected chi connectivity index (χ2v) is 6.07. The van der Waals surface area contributed by atoms with E-state index in [4.69, 9.17) is 10.8 Å². The van der Waals surface area contributed by atoms with Crippen LogP contribution < -0.4 is 5.73 Å². The molecule has 21 heavy (non-hydrogen) atoms. The number of anilines is 1. The Balaban J connectivity index is 2.16. The van der Waals surface area contributed by atoms with E-state index in [0.29, 0.717) is 0 Å². The first kappa shape index (κ1) is 14.1. The van der Waals surface area contributed by atoms with Crippen LogP contribution >= 0.6 is 22.6 Å². The summed E-state index contributed by atoms with van der Waals surface area (Å²) < 4.78 is 3.04. The Morgan fingerprint density at radius 2 is 1.71 bits per heavy atom. The summed E-state index contributed by atoms with van der Waals surface area (Å²) in [4.78, 5) is 0. The van der Waals surface area contributed by atoms with Crippen LogP contribution in [-0.4, -0.2) is 9.78 Å². The predicted molar refractivity (Wildman–Crippen MR) is 95.5 cm³/mol. The molecule has 3 nitrogen and oxygen atoms in total. The van der Waals surface area contributed by atoms with Gasteiger partial charge in [-0.15, -0.1) is 0 Å². The number of aromatic nitrogens is 2. The van der Waals surface area contributed by atoms with Gasteiger partial charge in [0.2, 0.25) is 0 Å². The minimum absolute atomic E-state index is 0.720. The Kier molecular flexibility index (Phi) is 3.96. The van der Waals surface area contributed by atoms with Gasteiger partial charge in [0.05, 0.1) is 11.4 Å². The number of benzene rings is 2. The summed E-state index contributed by atoms with van der Waals surface area (Å²) in [6.07, 6.45) is 0.861. The van der Waals surface area contributed by atoms with Gasteiger partial charge in [0.15, 0.2) is 0 Å². The zero-order valence-corrected chi connectivity index (χ0v) is 13.9. The van der Waals surface area contributed by atoms with Gasteiger partial charge >= 0.3 is 0 Å². The summed E-state index contributed by atoms with van der Waals surface area (Å²) in [5.74, 6) is 0.720. The molecule has 0 fully saturated rings. The molecule has 4 heteroatoms. The van der Waals surface area contributed by atoms with Crippen molar-refractivity contribution in [3.05, 3.63) is 63.7 Å². The standard InChI is InChI=1S/C17H16IN3/c1-2-15-16(12-8-10-13(18)11-9-12)20-21(17(15)19)14-6-4-3-5-7-14/h3-11H,2,19H2,1H3. The molecule has 0 aliphatic heterocycles. The van der Waals surface area contributed by atoms with Crippen LogP contribution in [0.2, 0.25) is 0 Å². The molecule has 0 amide bonds. The molecule has 0 spiro atoms. The van der Waals surface area contributed by atoms with Crippen molar-refractivity contribution < 1.29 is 0 Å². The van der Waals surface area contributed by atoms with Crippen LogP contribution in [0.3, 0.4) is 0 Å². The summed E-state index contributed by atoms with van der Waals surface area (Å²) in [5.41, 5.74) is 10.5. The van der Waals surface area contributed by atoms with Crippen molar-refractivity contribution in [1.29, 1.82) is 0 Å². The highest BCUT2D eigenvalue weighted by molar-refractivity contribution is 14.1. The summed E-state index contributed by atoms with van der Waals surface area (Å²) in [7, 11) is 0.